The summed E-state index contributed by atoms with van der Waals surface area (Å²) in [5, 5.41) is 20.4. The molecule has 0 saturated carbocycles. The van der Waals surface area contributed by atoms with E-state index >= 15 is 0 Å². The molecule has 10 nitrogen and oxygen atoms in total. The van der Waals surface area contributed by atoms with Crippen LogP contribution in [0.15, 0.2) is 0 Å². The summed E-state index contributed by atoms with van der Waals surface area (Å²) in [4.78, 5) is 20.4. The van der Waals surface area contributed by atoms with Crippen LogP contribution in [0.1, 0.15) is 6.92 Å². The van der Waals surface area contributed by atoms with E-state index in [1.807, 2.05) is 0 Å². The van der Waals surface area contributed by atoms with Crippen molar-refractivity contribution in [2.24, 2.45) is 0 Å². The number of aliphatic hydroxyl groups excluding tert-OH is 2. The van der Waals surface area contributed by atoms with Crippen molar-refractivity contribution in [1.82, 2.24) is 0 Å². The van der Waals surface area contributed by atoms with Gasteiger partial charge in [0, 0.05) is 0 Å². The van der Waals surface area contributed by atoms with Crippen LogP contribution in [0.5, 0.6) is 0 Å². The highest BCUT2D eigenvalue weighted by molar-refractivity contribution is 8.07. The van der Waals surface area contributed by atoms with Gasteiger partial charge in [-0.05, 0) is 30.5 Å². The van der Waals surface area contributed by atoms with Crippen molar-refractivity contribution in [1.29, 1.82) is 0 Å². The van der Waals surface area contributed by atoms with Crippen LogP contribution in [0.3, 0.4) is 0 Å². The van der Waals surface area contributed by atoms with E-state index in [2.05, 4.69) is 0 Å². The van der Waals surface area contributed by atoms with Crippen LogP contribution in [0.25, 0.3) is 0 Å². The summed E-state index contributed by atoms with van der Waals surface area (Å²) < 4.78 is 32.0. The number of rotatable bonds is 0. The van der Waals surface area contributed by atoms with E-state index < -0.39 is 56.2 Å². The lowest BCUT2D eigenvalue weighted by atomic mass is 10.1. The summed E-state index contributed by atoms with van der Waals surface area (Å²) in [5.74, 6) is 0. The molecular formula is C11H20O10P2S2. The highest BCUT2D eigenvalue weighted by atomic mass is 32.5. The Hall–Kier alpha value is 0.900. The second-order valence-corrected chi connectivity index (χ2v) is 11.6. The number of aliphatic hydroxyl groups is 2. The summed E-state index contributed by atoms with van der Waals surface area (Å²) in [6, 6.07) is 0. The third-order valence-corrected chi connectivity index (χ3v) is 7.28. The van der Waals surface area contributed by atoms with Crippen molar-refractivity contribution in [2.75, 3.05) is 19.8 Å². The minimum absolute atomic E-state index is 0.0367. The molecule has 3 rings (SSSR count). The molecule has 3 aliphatic rings. The summed E-state index contributed by atoms with van der Waals surface area (Å²) in [6.45, 7) is -6.39. The van der Waals surface area contributed by atoms with Gasteiger partial charge in [-0.2, -0.15) is 0 Å². The van der Waals surface area contributed by atoms with Gasteiger partial charge in [-0.25, -0.2) is 0 Å². The largest absolute Gasteiger partial charge is 0.388 e. The first-order chi connectivity index (χ1) is 11.6. The Labute approximate surface area is 154 Å². The first kappa shape index (κ1) is 20.6. The van der Waals surface area contributed by atoms with Crippen LogP contribution < -0.4 is 0 Å². The standard InChI is InChI=1S/C11H20O10P2S2/c1-5-9(12)11-8(19-5)4-18-22(14,24)20-7-2-16-6(10(7)13)3-17-23(15,25)21-11/h5-13H,2-4H2,1H3,(H,14,24)(H,15,25). The average Bonchev–Trinajstić information content (AvgIpc) is 2.98. The van der Waals surface area contributed by atoms with Gasteiger partial charge in [0.2, 0.25) is 0 Å². The molecule has 9 atom stereocenters. The maximum atomic E-state index is 10.2. The molecule has 3 saturated heterocycles. The van der Waals surface area contributed by atoms with Gasteiger partial charge in [-0.3, -0.25) is 4.52 Å². The van der Waals surface area contributed by atoms with Gasteiger partial charge in [0.15, 0.2) is 0 Å². The number of ether oxygens (including phenoxy) is 2. The van der Waals surface area contributed by atoms with Crippen LogP contribution >= 0.6 is 13.4 Å². The number of fused-ring (bicyclic) bond motifs is 3. The van der Waals surface area contributed by atoms with Crippen LogP contribution in [0.2, 0.25) is 0 Å². The fourth-order valence-electron chi connectivity index (χ4n) is 2.80. The fourth-order valence-corrected chi connectivity index (χ4v) is 5.68. The monoisotopic (exact) mass is 438 g/mol. The molecule has 146 valence electrons. The lowest BCUT2D eigenvalue weighted by Gasteiger charge is -2.26. The van der Waals surface area contributed by atoms with E-state index in [-0.39, 0.29) is 19.8 Å². The molecule has 0 aliphatic carbocycles. The molecule has 4 N–H and O–H groups in total. The van der Waals surface area contributed by atoms with E-state index in [1.54, 1.807) is 6.92 Å². The van der Waals surface area contributed by atoms with Gasteiger partial charge in [-0.15, -0.1) is 0 Å². The Balaban J connectivity index is 1.83. The molecule has 3 heterocycles. The minimum atomic E-state index is -3.75. The molecule has 0 amide bonds. The van der Waals surface area contributed by atoms with E-state index in [4.69, 9.17) is 51.2 Å². The van der Waals surface area contributed by atoms with Crippen molar-refractivity contribution in [3.05, 3.63) is 0 Å². The predicted molar refractivity (Wildman–Crippen MR) is 90.7 cm³/mol. The zero-order chi connectivity index (χ0) is 18.4. The third kappa shape index (κ3) is 4.85. The van der Waals surface area contributed by atoms with Crippen molar-refractivity contribution in [2.45, 2.75) is 49.7 Å². The smallest absolute Gasteiger partial charge is 0.325 e. The van der Waals surface area contributed by atoms with Gasteiger partial charge in [0.1, 0.15) is 36.6 Å². The molecule has 9 unspecified atom stereocenters. The number of hydrogen-bond acceptors (Lipinski definition) is 10. The maximum absolute atomic E-state index is 10.2. The Bertz CT molecular complexity index is 593. The summed E-state index contributed by atoms with van der Waals surface area (Å²) in [5.41, 5.74) is 0. The van der Waals surface area contributed by atoms with Crippen molar-refractivity contribution in [3.8, 4) is 0 Å². The first-order valence-electron chi connectivity index (χ1n) is 7.53. The maximum Gasteiger partial charge on any atom is 0.325 e. The SMILES string of the molecule is CC1OC2COP(O)(=S)OC3COC(COP(O)(=S)OC2C1O)C3O. The fraction of sp³-hybridized carbons (Fsp3) is 1.00. The summed E-state index contributed by atoms with van der Waals surface area (Å²) in [6.07, 6.45) is -6.50. The average molecular weight is 438 g/mol. The van der Waals surface area contributed by atoms with E-state index in [0.717, 1.165) is 0 Å². The molecule has 0 spiro atoms. The van der Waals surface area contributed by atoms with Crippen molar-refractivity contribution >= 4 is 37.1 Å². The second-order valence-electron chi connectivity index (χ2n) is 5.98. The normalized spacial score (nSPS) is 55.0. The van der Waals surface area contributed by atoms with Crippen molar-refractivity contribution in [3.63, 3.8) is 0 Å². The van der Waals surface area contributed by atoms with Crippen LogP contribution in [-0.2, 0) is 51.2 Å². The minimum Gasteiger partial charge on any atom is -0.388 e. The van der Waals surface area contributed by atoms with E-state index in [1.165, 1.54) is 0 Å². The molecule has 2 bridgehead atoms. The molecule has 0 aromatic rings. The van der Waals surface area contributed by atoms with Gasteiger partial charge >= 0.3 is 13.4 Å². The van der Waals surface area contributed by atoms with E-state index in [0.29, 0.717) is 0 Å². The van der Waals surface area contributed by atoms with Gasteiger partial charge < -0.3 is 43.0 Å². The van der Waals surface area contributed by atoms with Crippen LogP contribution in [-0.4, -0.2) is 82.5 Å². The topological polar surface area (TPSA) is 136 Å². The number of hydrogen-bond donors (Lipinski definition) is 4. The molecule has 3 fully saturated rings. The van der Waals surface area contributed by atoms with Gasteiger partial charge in [-0.1, -0.05) is 0 Å². The summed E-state index contributed by atoms with van der Waals surface area (Å²) >= 11 is 9.89. The van der Waals surface area contributed by atoms with Crippen LogP contribution in [0.4, 0.5) is 0 Å². The van der Waals surface area contributed by atoms with Crippen molar-refractivity contribution < 1.29 is 47.6 Å². The quantitative estimate of drug-likeness (QED) is 0.351. The first-order valence-corrected chi connectivity index (χ1v) is 12.7. The molecule has 0 aromatic carbocycles. The molecule has 14 heteroatoms. The Morgan fingerprint density at radius 3 is 2.12 bits per heavy atom. The summed E-state index contributed by atoms with van der Waals surface area (Å²) in [7, 11) is 0. The highest BCUT2D eigenvalue weighted by Gasteiger charge is 2.47. The van der Waals surface area contributed by atoms with Crippen LogP contribution in [0, 0.1) is 0 Å². The molecular weight excluding hydrogens is 418 g/mol. The predicted octanol–water partition coefficient (Wildman–Crippen LogP) is -0.855. The molecule has 3 aliphatic heterocycles. The molecule has 0 radical (unpaired) electrons. The zero-order valence-electron chi connectivity index (χ0n) is 13.1. The lowest BCUT2D eigenvalue weighted by Crippen LogP contribution is -2.36. The third-order valence-electron chi connectivity index (χ3n) is 4.14. The second kappa shape index (κ2) is 7.73. The highest BCUT2D eigenvalue weighted by Crippen LogP contribution is 2.51. The Morgan fingerprint density at radius 2 is 1.44 bits per heavy atom. The Kier molecular flexibility index (Phi) is 6.38. The zero-order valence-corrected chi connectivity index (χ0v) is 16.5. The molecule has 25 heavy (non-hydrogen) atoms. The molecule has 0 aromatic heterocycles. The lowest BCUT2D eigenvalue weighted by molar-refractivity contribution is -0.0186. The van der Waals surface area contributed by atoms with Gasteiger partial charge in [0.05, 0.1) is 25.9 Å². The van der Waals surface area contributed by atoms with Gasteiger partial charge in [0.25, 0.3) is 0 Å². The van der Waals surface area contributed by atoms with E-state index in [9.17, 15) is 20.0 Å². The Morgan fingerprint density at radius 1 is 0.840 bits per heavy atom.